The van der Waals surface area contributed by atoms with Gasteiger partial charge in [-0.15, -0.1) is 0 Å². The normalized spacial score (nSPS) is 14.4. The van der Waals surface area contributed by atoms with Crippen LogP contribution < -0.4 is 10.6 Å². The number of rotatable bonds is 4. The Balaban J connectivity index is 1.54. The van der Waals surface area contributed by atoms with Gasteiger partial charge >= 0.3 is 0 Å². The Morgan fingerprint density at radius 1 is 1.00 bits per heavy atom. The van der Waals surface area contributed by atoms with Gasteiger partial charge in [0.2, 0.25) is 0 Å². The molecular weight excluding hydrogens is 481 g/mol. The van der Waals surface area contributed by atoms with E-state index in [1.807, 2.05) is 36.4 Å². The van der Waals surface area contributed by atoms with Crippen molar-refractivity contribution in [3.05, 3.63) is 87.4 Å². The Labute approximate surface area is 180 Å². The second kappa shape index (κ2) is 8.04. The molecule has 7 heteroatoms. The topological polar surface area (TPSA) is 91.3 Å². The van der Waals surface area contributed by atoms with E-state index in [-0.39, 0.29) is 5.75 Å². The van der Waals surface area contributed by atoms with E-state index in [0.29, 0.717) is 34.5 Å². The molecule has 0 saturated carbocycles. The van der Waals surface area contributed by atoms with Gasteiger partial charge in [-0.1, -0.05) is 30.3 Å². The summed E-state index contributed by atoms with van der Waals surface area (Å²) in [4.78, 5) is 28.7. The maximum Gasteiger partial charge on any atom is 0.260 e. The Kier molecular flexibility index (Phi) is 5.30. The molecule has 1 aliphatic rings. The van der Waals surface area contributed by atoms with Crippen LogP contribution in [0.15, 0.2) is 67.0 Å². The maximum atomic E-state index is 12.3. The van der Waals surface area contributed by atoms with Crippen molar-refractivity contribution >= 4 is 40.0 Å². The molecule has 0 bridgehead atoms. The van der Waals surface area contributed by atoms with Gasteiger partial charge in [-0.05, 0) is 46.4 Å². The molecule has 0 aliphatic carbocycles. The van der Waals surface area contributed by atoms with E-state index < -0.39 is 11.8 Å². The molecule has 3 aromatic rings. The highest BCUT2D eigenvalue weighted by Gasteiger charge is 2.27. The van der Waals surface area contributed by atoms with E-state index >= 15 is 0 Å². The summed E-state index contributed by atoms with van der Waals surface area (Å²) < 4.78 is 0.929. The van der Waals surface area contributed by atoms with Gasteiger partial charge in [-0.2, -0.15) is 0 Å². The van der Waals surface area contributed by atoms with Crippen LogP contribution in [0.25, 0.3) is 16.7 Å². The number of carbonyl (C=O) groups is 2. The van der Waals surface area contributed by atoms with Gasteiger partial charge in [0.25, 0.3) is 11.8 Å². The summed E-state index contributed by atoms with van der Waals surface area (Å²) in [6.07, 6.45) is 3.19. The van der Waals surface area contributed by atoms with Crippen LogP contribution in [-0.4, -0.2) is 21.9 Å². The first kappa shape index (κ1) is 19.1. The number of hydrogen-bond donors (Lipinski definition) is 3. The molecule has 4 rings (SSSR count). The third kappa shape index (κ3) is 4.00. The van der Waals surface area contributed by atoms with Crippen LogP contribution in [0.2, 0.25) is 0 Å². The molecule has 144 valence electrons. The number of aromatic hydroxyl groups is 1. The second-order valence-electron chi connectivity index (χ2n) is 6.47. The van der Waals surface area contributed by atoms with E-state index in [1.54, 1.807) is 30.6 Å². The second-order valence-corrected chi connectivity index (χ2v) is 7.72. The summed E-state index contributed by atoms with van der Waals surface area (Å²) in [7, 11) is 0. The SMILES string of the molecule is O=C1NC(=O)c2ccc(I)cc2/C1=C/NCc1cc(O)c(-c2ccccc2)cn1. The number of benzene rings is 2. The standard InChI is InChI=1S/C22H16IN3O3/c23-14-6-7-16-17(8-14)19(22(29)26-21(16)28)11-24-10-15-9-20(27)18(12-25-15)13-4-2-1-3-5-13/h1-9,11-12,24H,10H2,(H,25,27)(H,26,28,29)/b19-11-. The number of amides is 2. The van der Waals surface area contributed by atoms with Gasteiger partial charge < -0.3 is 10.4 Å². The van der Waals surface area contributed by atoms with Crippen LogP contribution in [0.4, 0.5) is 0 Å². The van der Waals surface area contributed by atoms with E-state index in [2.05, 4.69) is 38.2 Å². The Morgan fingerprint density at radius 2 is 1.79 bits per heavy atom. The lowest BCUT2D eigenvalue weighted by Gasteiger charge is -2.18. The van der Waals surface area contributed by atoms with Gasteiger partial charge in [0, 0.05) is 38.7 Å². The summed E-state index contributed by atoms with van der Waals surface area (Å²) in [5.74, 6) is -0.717. The zero-order valence-corrected chi connectivity index (χ0v) is 17.3. The minimum absolute atomic E-state index is 0.136. The monoisotopic (exact) mass is 497 g/mol. The van der Waals surface area contributed by atoms with Crippen molar-refractivity contribution in [1.82, 2.24) is 15.6 Å². The summed E-state index contributed by atoms with van der Waals surface area (Å²) in [5.41, 5.74) is 3.59. The number of nitrogens with one attached hydrogen (secondary N) is 2. The number of aromatic nitrogens is 1. The Bertz CT molecular complexity index is 1140. The molecule has 0 fully saturated rings. The summed E-state index contributed by atoms with van der Waals surface area (Å²) in [6.45, 7) is 0.312. The molecule has 0 unspecified atom stereocenters. The van der Waals surface area contributed by atoms with Gasteiger partial charge in [-0.3, -0.25) is 19.9 Å². The highest BCUT2D eigenvalue weighted by atomic mass is 127. The lowest BCUT2D eigenvalue weighted by molar-refractivity contribution is -0.114. The smallest absolute Gasteiger partial charge is 0.260 e. The molecule has 0 atom stereocenters. The molecule has 2 heterocycles. The third-order valence-corrected chi connectivity index (χ3v) is 5.21. The fourth-order valence-corrected chi connectivity index (χ4v) is 3.61. The predicted octanol–water partition coefficient (Wildman–Crippen LogP) is 3.46. The Hall–Kier alpha value is -3.20. The minimum atomic E-state index is -0.452. The first-order valence-electron chi connectivity index (χ1n) is 8.85. The zero-order valence-electron chi connectivity index (χ0n) is 15.1. The molecular formula is C22H16IN3O3. The average molecular weight is 497 g/mol. The summed E-state index contributed by atoms with van der Waals surface area (Å²) in [5, 5.41) is 15.7. The quantitative estimate of drug-likeness (QED) is 0.292. The minimum Gasteiger partial charge on any atom is -0.507 e. The number of imide groups is 1. The number of nitrogens with zero attached hydrogens (tertiary/aromatic N) is 1. The highest BCUT2D eigenvalue weighted by molar-refractivity contribution is 14.1. The summed E-state index contributed by atoms with van der Waals surface area (Å²) >= 11 is 2.14. The van der Waals surface area contributed by atoms with E-state index in [1.165, 1.54) is 0 Å². The number of hydrogen-bond acceptors (Lipinski definition) is 5. The zero-order chi connectivity index (χ0) is 20.4. The number of carbonyl (C=O) groups excluding carboxylic acids is 2. The van der Waals surface area contributed by atoms with Crippen molar-refractivity contribution in [3.63, 3.8) is 0 Å². The van der Waals surface area contributed by atoms with Gasteiger partial charge in [0.05, 0.1) is 17.8 Å². The summed E-state index contributed by atoms with van der Waals surface area (Å²) in [6, 6.07) is 16.4. The van der Waals surface area contributed by atoms with Crippen molar-refractivity contribution in [3.8, 4) is 16.9 Å². The van der Waals surface area contributed by atoms with Crippen LogP contribution in [0.1, 0.15) is 21.6 Å². The average Bonchev–Trinajstić information content (AvgIpc) is 2.71. The van der Waals surface area contributed by atoms with Crippen molar-refractivity contribution < 1.29 is 14.7 Å². The van der Waals surface area contributed by atoms with Crippen molar-refractivity contribution in [2.75, 3.05) is 0 Å². The van der Waals surface area contributed by atoms with Gasteiger partial charge in [0.1, 0.15) is 5.75 Å². The van der Waals surface area contributed by atoms with E-state index in [9.17, 15) is 14.7 Å². The largest absolute Gasteiger partial charge is 0.507 e. The predicted molar refractivity (Wildman–Crippen MR) is 118 cm³/mol. The highest BCUT2D eigenvalue weighted by Crippen LogP contribution is 2.29. The number of pyridine rings is 1. The molecule has 0 radical (unpaired) electrons. The molecule has 29 heavy (non-hydrogen) atoms. The van der Waals surface area contributed by atoms with E-state index in [4.69, 9.17) is 0 Å². The lowest BCUT2D eigenvalue weighted by atomic mass is 9.96. The molecule has 0 spiro atoms. The fraction of sp³-hybridized carbons (Fsp3) is 0.0455. The number of halogens is 1. The first-order valence-corrected chi connectivity index (χ1v) is 9.93. The molecule has 2 amide bonds. The maximum absolute atomic E-state index is 12.3. The molecule has 6 nitrogen and oxygen atoms in total. The molecule has 3 N–H and O–H groups in total. The number of fused-ring (bicyclic) bond motifs is 1. The lowest BCUT2D eigenvalue weighted by Crippen LogP contribution is -2.37. The van der Waals surface area contributed by atoms with Crippen LogP contribution in [-0.2, 0) is 11.3 Å². The Morgan fingerprint density at radius 3 is 2.55 bits per heavy atom. The molecule has 0 saturated heterocycles. The van der Waals surface area contributed by atoms with Crippen molar-refractivity contribution in [2.24, 2.45) is 0 Å². The molecule has 2 aromatic carbocycles. The first-order chi connectivity index (χ1) is 14.0. The molecule has 1 aliphatic heterocycles. The van der Waals surface area contributed by atoms with Crippen molar-refractivity contribution in [1.29, 1.82) is 0 Å². The van der Waals surface area contributed by atoms with Crippen LogP contribution in [0.3, 0.4) is 0 Å². The van der Waals surface area contributed by atoms with Gasteiger partial charge in [-0.25, -0.2) is 0 Å². The van der Waals surface area contributed by atoms with Crippen LogP contribution in [0, 0.1) is 3.57 Å². The van der Waals surface area contributed by atoms with Gasteiger partial charge in [0.15, 0.2) is 0 Å². The molecule has 1 aromatic heterocycles. The van der Waals surface area contributed by atoms with Crippen LogP contribution >= 0.6 is 22.6 Å². The van der Waals surface area contributed by atoms with Crippen molar-refractivity contribution in [2.45, 2.75) is 6.54 Å². The van der Waals surface area contributed by atoms with Crippen LogP contribution in [0.5, 0.6) is 5.75 Å². The fourth-order valence-electron chi connectivity index (χ4n) is 3.12. The van der Waals surface area contributed by atoms with E-state index in [0.717, 1.165) is 9.13 Å². The third-order valence-electron chi connectivity index (χ3n) is 4.54.